The molecule has 5 atom stereocenters. The summed E-state index contributed by atoms with van der Waals surface area (Å²) in [6.07, 6.45) is -0.837. The Morgan fingerprint density at radius 1 is 0.657 bits per heavy atom. The summed E-state index contributed by atoms with van der Waals surface area (Å²) in [5.74, 6) is 0. The van der Waals surface area contributed by atoms with Crippen LogP contribution in [0.1, 0.15) is 36.5 Å². The fourth-order valence-electron chi connectivity index (χ4n) is 4.45. The monoisotopic (exact) mass is 476 g/mol. The van der Waals surface area contributed by atoms with E-state index >= 15 is 0 Å². The zero-order valence-corrected chi connectivity index (χ0v) is 20.4. The highest BCUT2D eigenvalue weighted by Crippen LogP contribution is 2.30. The van der Waals surface area contributed by atoms with Gasteiger partial charge in [-0.15, -0.1) is 0 Å². The molecule has 1 N–H and O–H groups in total. The van der Waals surface area contributed by atoms with Crippen molar-refractivity contribution in [3.63, 3.8) is 0 Å². The van der Waals surface area contributed by atoms with Crippen LogP contribution in [-0.2, 0) is 38.8 Å². The van der Waals surface area contributed by atoms with Gasteiger partial charge in [0.05, 0.1) is 32.5 Å². The van der Waals surface area contributed by atoms with Crippen LogP contribution in [0, 0.1) is 0 Å². The van der Waals surface area contributed by atoms with Crippen molar-refractivity contribution in [3.8, 4) is 0 Å². The van der Waals surface area contributed by atoms with E-state index in [2.05, 4.69) is 6.92 Å². The number of rotatable bonds is 12. The van der Waals surface area contributed by atoms with Gasteiger partial charge in [-0.1, -0.05) is 104 Å². The fraction of sp³-hybridized carbons (Fsp3) is 0.400. The van der Waals surface area contributed by atoms with Gasteiger partial charge in [0.2, 0.25) is 0 Å². The van der Waals surface area contributed by atoms with Crippen LogP contribution in [-0.4, -0.2) is 42.2 Å². The second kappa shape index (κ2) is 13.5. The van der Waals surface area contributed by atoms with Gasteiger partial charge in [0, 0.05) is 0 Å². The number of ether oxygens (including phenoxy) is 4. The molecule has 1 aliphatic rings. The first-order valence-corrected chi connectivity index (χ1v) is 12.5. The molecule has 1 saturated heterocycles. The number of hydrogen-bond donors (Lipinski definition) is 1. The lowest BCUT2D eigenvalue weighted by molar-refractivity contribution is -0.262. The van der Waals surface area contributed by atoms with Crippen molar-refractivity contribution in [1.29, 1.82) is 0 Å². The van der Waals surface area contributed by atoms with Gasteiger partial charge in [0.15, 0.2) is 0 Å². The lowest BCUT2D eigenvalue weighted by Crippen LogP contribution is -2.60. The van der Waals surface area contributed by atoms with E-state index in [1.54, 1.807) is 0 Å². The average molecular weight is 477 g/mol. The Bertz CT molecular complexity index is 966. The highest BCUT2D eigenvalue weighted by atomic mass is 16.6. The molecule has 4 rings (SSSR count). The van der Waals surface area contributed by atoms with Crippen LogP contribution >= 0.6 is 0 Å². The van der Waals surface area contributed by atoms with Gasteiger partial charge in [0.25, 0.3) is 0 Å². The first kappa shape index (κ1) is 25.5. The maximum absolute atomic E-state index is 11.3. The van der Waals surface area contributed by atoms with Crippen molar-refractivity contribution >= 4 is 0 Å². The Balaban J connectivity index is 1.50. The summed E-state index contributed by atoms with van der Waals surface area (Å²) in [6.45, 7) is 3.73. The SMILES string of the molecule is CCC[C@H]1O[C@H](COCc2ccccc2)[C@@H](OCc2ccccc2)[C@H](OCc2ccccc2)[C@H]1O. The van der Waals surface area contributed by atoms with Gasteiger partial charge in [-0.2, -0.15) is 0 Å². The molecule has 0 aromatic heterocycles. The molecule has 3 aromatic carbocycles. The number of aliphatic hydroxyl groups excluding tert-OH is 1. The zero-order chi connectivity index (χ0) is 24.3. The molecule has 0 amide bonds. The summed E-state index contributed by atoms with van der Waals surface area (Å²) >= 11 is 0. The first-order valence-electron chi connectivity index (χ1n) is 12.5. The minimum Gasteiger partial charge on any atom is -0.388 e. The molecular formula is C30H36O5. The predicted molar refractivity (Wildman–Crippen MR) is 136 cm³/mol. The predicted octanol–water partition coefficient (Wildman–Crippen LogP) is 5.30. The van der Waals surface area contributed by atoms with E-state index < -0.39 is 18.3 Å². The van der Waals surface area contributed by atoms with Gasteiger partial charge in [0.1, 0.15) is 24.4 Å². The highest BCUT2D eigenvalue weighted by Gasteiger charge is 2.46. The van der Waals surface area contributed by atoms with Crippen molar-refractivity contribution in [2.24, 2.45) is 0 Å². The van der Waals surface area contributed by atoms with Crippen molar-refractivity contribution in [2.45, 2.75) is 70.1 Å². The van der Waals surface area contributed by atoms with Crippen molar-refractivity contribution in [2.75, 3.05) is 6.61 Å². The van der Waals surface area contributed by atoms with E-state index in [4.69, 9.17) is 18.9 Å². The molecule has 3 aromatic rings. The molecule has 0 aliphatic carbocycles. The zero-order valence-electron chi connectivity index (χ0n) is 20.4. The smallest absolute Gasteiger partial charge is 0.115 e. The molecule has 5 heteroatoms. The summed E-state index contributed by atoms with van der Waals surface area (Å²) in [6, 6.07) is 30.1. The number of benzene rings is 3. The number of hydrogen-bond acceptors (Lipinski definition) is 5. The molecule has 0 saturated carbocycles. The number of aliphatic hydroxyl groups is 1. The first-order chi connectivity index (χ1) is 17.2. The quantitative estimate of drug-likeness (QED) is 0.384. The lowest BCUT2D eigenvalue weighted by Gasteiger charge is -2.44. The molecule has 0 radical (unpaired) electrons. The summed E-state index contributed by atoms with van der Waals surface area (Å²) < 4.78 is 25.2. The van der Waals surface area contributed by atoms with Crippen LogP contribution in [0.4, 0.5) is 0 Å². The Labute approximate surface area is 208 Å². The van der Waals surface area contributed by atoms with Gasteiger partial charge in [-0.25, -0.2) is 0 Å². The van der Waals surface area contributed by atoms with Crippen LogP contribution in [0.2, 0.25) is 0 Å². The second-order valence-electron chi connectivity index (χ2n) is 9.02. The van der Waals surface area contributed by atoms with Crippen LogP contribution in [0.5, 0.6) is 0 Å². The molecule has 1 heterocycles. The fourth-order valence-corrected chi connectivity index (χ4v) is 4.45. The van der Waals surface area contributed by atoms with E-state index in [9.17, 15) is 5.11 Å². The van der Waals surface area contributed by atoms with Gasteiger partial charge < -0.3 is 24.1 Å². The second-order valence-corrected chi connectivity index (χ2v) is 9.02. The Kier molecular flexibility index (Phi) is 9.87. The summed E-state index contributed by atoms with van der Waals surface area (Å²) in [7, 11) is 0. The molecule has 0 spiro atoms. The van der Waals surface area contributed by atoms with Crippen LogP contribution in [0.25, 0.3) is 0 Å². The molecule has 0 unspecified atom stereocenters. The van der Waals surface area contributed by atoms with Crippen LogP contribution in [0.3, 0.4) is 0 Å². The molecule has 1 fully saturated rings. The third-order valence-corrected chi connectivity index (χ3v) is 6.29. The van der Waals surface area contributed by atoms with E-state index in [0.29, 0.717) is 26.4 Å². The third-order valence-electron chi connectivity index (χ3n) is 6.29. The van der Waals surface area contributed by atoms with Crippen molar-refractivity contribution in [3.05, 3.63) is 108 Å². The minimum atomic E-state index is -0.787. The van der Waals surface area contributed by atoms with E-state index in [0.717, 1.165) is 29.5 Å². The Morgan fingerprint density at radius 2 is 1.14 bits per heavy atom. The van der Waals surface area contributed by atoms with E-state index in [1.807, 2.05) is 91.0 Å². The minimum absolute atomic E-state index is 0.331. The maximum atomic E-state index is 11.3. The molecular weight excluding hydrogens is 440 g/mol. The van der Waals surface area contributed by atoms with Crippen molar-refractivity contribution < 1.29 is 24.1 Å². The van der Waals surface area contributed by atoms with E-state index in [1.165, 1.54) is 0 Å². The largest absolute Gasteiger partial charge is 0.388 e. The standard InChI is InChI=1S/C30H36O5/c1-2-12-26-28(31)30(34-21-25-17-10-5-11-18-25)29(33-20-24-15-8-4-9-16-24)27(35-26)22-32-19-23-13-6-3-7-14-23/h3-11,13-18,26-31H,2,12,19-22H2,1H3/t26-,27-,28+,29-,30-/m1/s1. The topological polar surface area (TPSA) is 57.2 Å². The van der Waals surface area contributed by atoms with Crippen LogP contribution < -0.4 is 0 Å². The lowest BCUT2D eigenvalue weighted by atomic mass is 9.92. The maximum Gasteiger partial charge on any atom is 0.115 e. The van der Waals surface area contributed by atoms with Gasteiger partial charge in [-0.3, -0.25) is 0 Å². The summed E-state index contributed by atoms with van der Waals surface area (Å²) in [5, 5.41) is 11.3. The van der Waals surface area contributed by atoms with Crippen molar-refractivity contribution in [1.82, 2.24) is 0 Å². The molecule has 5 nitrogen and oxygen atoms in total. The van der Waals surface area contributed by atoms with Crippen LogP contribution in [0.15, 0.2) is 91.0 Å². The third kappa shape index (κ3) is 7.47. The molecule has 0 bridgehead atoms. The average Bonchev–Trinajstić information content (AvgIpc) is 2.90. The Morgan fingerprint density at radius 3 is 1.66 bits per heavy atom. The molecule has 1 aliphatic heterocycles. The summed E-state index contributed by atoms with van der Waals surface area (Å²) in [4.78, 5) is 0. The Hall–Kier alpha value is -2.54. The molecule has 186 valence electrons. The normalized spacial score (nSPS) is 24.3. The highest BCUT2D eigenvalue weighted by molar-refractivity contribution is 5.15. The van der Waals surface area contributed by atoms with Gasteiger partial charge >= 0.3 is 0 Å². The molecule has 35 heavy (non-hydrogen) atoms. The summed E-state index contributed by atoms with van der Waals surface area (Å²) in [5.41, 5.74) is 3.22. The van der Waals surface area contributed by atoms with E-state index in [-0.39, 0.29) is 12.2 Å². The van der Waals surface area contributed by atoms with Gasteiger partial charge in [-0.05, 0) is 23.1 Å².